The molecule has 4 heteroatoms. The summed E-state index contributed by atoms with van der Waals surface area (Å²) in [6.07, 6.45) is 0. The zero-order valence-corrected chi connectivity index (χ0v) is 10.1. The Balaban J connectivity index is 2.46. The summed E-state index contributed by atoms with van der Waals surface area (Å²) in [4.78, 5) is 2.10. The number of nitrogens with one attached hydrogen (secondary N) is 1. The molecule has 0 amide bonds. The van der Waals surface area contributed by atoms with E-state index < -0.39 is 5.82 Å². The summed E-state index contributed by atoms with van der Waals surface area (Å²) in [6, 6.07) is 6.76. The van der Waals surface area contributed by atoms with Crippen molar-refractivity contribution in [2.45, 2.75) is 19.4 Å². The van der Waals surface area contributed by atoms with Crippen LogP contribution >= 0.6 is 0 Å². The van der Waals surface area contributed by atoms with Crippen LogP contribution in [0.5, 0.6) is 0 Å². The Morgan fingerprint density at radius 2 is 2.24 bits per heavy atom. The molecule has 0 aromatic heterocycles. The molecular formula is C13H16FN3. The molecule has 1 heterocycles. The van der Waals surface area contributed by atoms with Crippen molar-refractivity contribution in [2.75, 3.05) is 24.5 Å². The van der Waals surface area contributed by atoms with E-state index in [0.717, 1.165) is 19.6 Å². The van der Waals surface area contributed by atoms with Gasteiger partial charge in [-0.05, 0) is 26.0 Å². The fraction of sp³-hybridized carbons (Fsp3) is 0.462. The summed E-state index contributed by atoms with van der Waals surface area (Å²) >= 11 is 0. The van der Waals surface area contributed by atoms with Gasteiger partial charge in [0, 0.05) is 25.2 Å². The lowest BCUT2D eigenvalue weighted by Gasteiger charge is -2.44. The molecule has 0 atom stereocenters. The van der Waals surface area contributed by atoms with Crippen molar-refractivity contribution in [3.05, 3.63) is 29.6 Å². The van der Waals surface area contributed by atoms with Gasteiger partial charge < -0.3 is 10.2 Å². The van der Waals surface area contributed by atoms with Crippen LogP contribution in [0, 0.1) is 17.1 Å². The molecule has 17 heavy (non-hydrogen) atoms. The predicted octanol–water partition coefficient (Wildman–Crippen LogP) is 1.89. The molecule has 0 bridgehead atoms. The number of rotatable bonds is 1. The number of benzene rings is 1. The molecule has 0 spiro atoms. The van der Waals surface area contributed by atoms with Gasteiger partial charge in [0.25, 0.3) is 0 Å². The average molecular weight is 233 g/mol. The van der Waals surface area contributed by atoms with E-state index in [0.29, 0.717) is 5.69 Å². The van der Waals surface area contributed by atoms with Crippen molar-refractivity contribution in [2.24, 2.45) is 0 Å². The van der Waals surface area contributed by atoms with Crippen LogP contribution in [-0.4, -0.2) is 25.2 Å². The van der Waals surface area contributed by atoms with E-state index in [9.17, 15) is 4.39 Å². The Morgan fingerprint density at radius 3 is 2.88 bits per heavy atom. The minimum atomic E-state index is -0.445. The highest BCUT2D eigenvalue weighted by atomic mass is 19.1. The van der Waals surface area contributed by atoms with Crippen LogP contribution in [0.4, 0.5) is 10.1 Å². The summed E-state index contributed by atoms with van der Waals surface area (Å²) in [5.41, 5.74) is 0.721. The zero-order valence-electron chi connectivity index (χ0n) is 10.1. The van der Waals surface area contributed by atoms with Gasteiger partial charge in [0.05, 0.1) is 5.69 Å². The first-order valence-corrected chi connectivity index (χ1v) is 5.73. The maximum atomic E-state index is 13.6. The van der Waals surface area contributed by atoms with Gasteiger partial charge in [-0.25, -0.2) is 4.39 Å². The molecule has 1 fully saturated rings. The molecule has 1 aromatic carbocycles. The number of halogens is 1. The standard InChI is InChI=1S/C13H16FN3/c1-13(2)9-16-6-7-17(13)12-5-3-4-11(14)10(12)8-15/h3-5,16H,6-7,9H2,1-2H3. The second-order valence-corrected chi connectivity index (χ2v) is 4.89. The molecular weight excluding hydrogens is 217 g/mol. The average Bonchev–Trinajstić information content (AvgIpc) is 2.28. The number of hydrogen-bond donors (Lipinski definition) is 1. The quantitative estimate of drug-likeness (QED) is 0.805. The minimum Gasteiger partial charge on any atom is -0.363 e. The van der Waals surface area contributed by atoms with Gasteiger partial charge in [0.1, 0.15) is 17.4 Å². The summed E-state index contributed by atoms with van der Waals surface area (Å²) in [5.74, 6) is -0.445. The highest BCUT2D eigenvalue weighted by molar-refractivity contribution is 5.61. The molecule has 1 aliphatic rings. The van der Waals surface area contributed by atoms with Gasteiger partial charge in [-0.15, -0.1) is 0 Å². The summed E-state index contributed by atoms with van der Waals surface area (Å²) in [7, 11) is 0. The zero-order chi connectivity index (χ0) is 12.5. The van der Waals surface area contributed by atoms with Crippen LogP contribution in [0.2, 0.25) is 0 Å². The van der Waals surface area contributed by atoms with Crippen molar-refractivity contribution in [1.82, 2.24) is 5.32 Å². The first-order valence-electron chi connectivity index (χ1n) is 5.73. The molecule has 0 radical (unpaired) electrons. The maximum Gasteiger partial charge on any atom is 0.143 e. The van der Waals surface area contributed by atoms with Crippen molar-refractivity contribution < 1.29 is 4.39 Å². The van der Waals surface area contributed by atoms with E-state index >= 15 is 0 Å². The second kappa shape index (κ2) is 4.34. The first-order chi connectivity index (χ1) is 8.06. The fourth-order valence-electron chi connectivity index (χ4n) is 2.28. The van der Waals surface area contributed by atoms with E-state index in [-0.39, 0.29) is 11.1 Å². The molecule has 1 N–H and O–H groups in total. The van der Waals surface area contributed by atoms with E-state index in [4.69, 9.17) is 5.26 Å². The summed E-state index contributed by atoms with van der Waals surface area (Å²) in [6.45, 7) is 6.64. The lowest BCUT2D eigenvalue weighted by molar-refractivity contribution is 0.380. The lowest BCUT2D eigenvalue weighted by atomic mass is 9.97. The molecule has 0 aliphatic carbocycles. The summed E-state index contributed by atoms with van der Waals surface area (Å²) < 4.78 is 13.6. The van der Waals surface area contributed by atoms with Gasteiger partial charge >= 0.3 is 0 Å². The molecule has 0 saturated carbocycles. The van der Waals surface area contributed by atoms with Crippen molar-refractivity contribution >= 4 is 5.69 Å². The Morgan fingerprint density at radius 1 is 1.47 bits per heavy atom. The third-order valence-corrected chi connectivity index (χ3v) is 3.19. The number of anilines is 1. The van der Waals surface area contributed by atoms with Gasteiger partial charge in [0.15, 0.2) is 0 Å². The van der Waals surface area contributed by atoms with Crippen LogP contribution in [0.3, 0.4) is 0 Å². The van der Waals surface area contributed by atoms with Crippen LogP contribution < -0.4 is 10.2 Å². The number of piperazine rings is 1. The lowest BCUT2D eigenvalue weighted by Crippen LogP contribution is -2.58. The number of nitrogens with zero attached hydrogens (tertiary/aromatic N) is 2. The first kappa shape index (κ1) is 11.9. The Kier molecular flexibility index (Phi) is 3.03. The van der Waals surface area contributed by atoms with Crippen LogP contribution in [-0.2, 0) is 0 Å². The van der Waals surface area contributed by atoms with Gasteiger partial charge in [-0.3, -0.25) is 0 Å². The van der Waals surface area contributed by atoms with Gasteiger partial charge in [-0.1, -0.05) is 6.07 Å². The topological polar surface area (TPSA) is 39.1 Å². The normalized spacial score (nSPS) is 18.8. The summed E-state index contributed by atoms with van der Waals surface area (Å²) in [5, 5.41) is 12.4. The maximum absolute atomic E-state index is 13.6. The van der Waals surface area contributed by atoms with E-state index in [1.807, 2.05) is 12.1 Å². The monoisotopic (exact) mass is 233 g/mol. The van der Waals surface area contributed by atoms with Crippen LogP contribution in [0.1, 0.15) is 19.4 Å². The Hall–Kier alpha value is -1.60. The third kappa shape index (κ3) is 2.11. The largest absolute Gasteiger partial charge is 0.363 e. The Labute approximate surface area is 101 Å². The molecule has 1 saturated heterocycles. The smallest absolute Gasteiger partial charge is 0.143 e. The molecule has 1 aliphatic heterocycles. The minimum absolute atomic E-state index is 0.113. The predicted molar refractivity (Wildman–Crippen MR) is 65.4 cm³/mol. The van der Waals surface area contributed by atoms with Crippen molar-refractivity contribution in [3.63, 3.8) is 0 Å². The van der Waals surface area contributed by atoms with E-state index in [1.165, 1.54) is 6.07 Å². The van der Waals surface area contributed by atoms with E-state index in [1.54, 1.807) is 6.07 Å². The number of hydrogen-bond acceptors (Lipinski definition) is 3. The fourth-order valence-corrected chi connectivity index (χ4v) is 2.28. The third-order valence-electron chi connectivity index (χ3n) is 3.19. The number of nitriles is 1. The highest BCUT2D eigenvalue weighted by Gasteiger charge is 2.31. The van der Waals surface area contributed by atoms with E-state index in [2.05, 4.69) is 24.1 Å². The highest BCUT2D eigenvalue weighted by Crippen LogP contribution is 2.29. The van der Waals surface area contributed by atoms with Crippen LogP contribution in [0.25, 0.3) is 0 Å². The Bertz CT molecular complexity index is 462. The molecule has 0 unspecified atom stereocenters. The van der Waals surface area contributed by atoms with Gasteiger partial charge in [-0.2, -0.15) is 5.26 Å². The molecule has 90 valence electrons. The van der Waals surface area contributed by atoms with Crippen molar-refractivity contribution in [3.8, 4) is 6.07 Å². The molecule has 3 nitrogen and oxygen atoms in total. The molecule has 1 aromatic rings. The van der Waals surface area contributed by atoms with Crippen LogP contribution in [0.15, 0.2) is 18.2 Å². The van der Waals surface area contributed by atoms with Gasteiger partial charge in [0.2, 0.25) is 0 Å². The SMILES string of the molecule is CC1(C)CNCCN1c1cccc(F)c1C#N. The van der Waals surface area contributed by atoms with Crippen molar-refractivity contribution in [1.29, 1.82) is 5.26 Å². The second-order valence-electron chi connectivity index (χ2n) is 4.89. The molecule has 2 rings (SSSR count).